The maximum Gasteiger partial charge on any atom is 0.255 e. The fourth-order valence-corrected chi connectivity index (χ4v) is 3.37. The third-order valence-electron chi connectivity index (χ3n) is 3.88. The van der Waals surface area contributed by atoms with Gasteiger partial charge in [-0.15, -0.1) is 0 Å². The standard InChI is InChI=1S/C19H24N2O4S/c1-19(2,3)14-8-10-15(11-9-14)26(24,25)21-13-12-20-18(23)16-6-4-5-7-17(16)22/h4-11,21-22H,12-13H2,1-3H3,(H,20,23). The minimum Gasteiger partial charge on any atom is -0.507 e. The van der Waals surface area contributed by atoms with Crippen molar-refractivity contribution >= 4 is 15.9 Å². The number of sulfonamides is 1. The van der Waals surface area contributed by atoms with Crippen molar-refractivity contribution in [2.24, 2.45) is 0 Å². The summed E-state index contributed by atoms with van der Waals surface area (Å²) in [6.07, 6.45) is 0. The van der Waals surface area contributed by atoms with Crippen molar-refractivity contribution in [3.8, 4) is 5.75 Å². The van der Waals surface area contributed by atoms with Crippen LogP contribution in [0.3, 0.4) is 0 Å². The first-order valence-corrected chi connectivity index (χ1v) is 9.76. The van der Waals surface area contributed by atoms with Crippen molar-refractivity contribution in [2.45, 2.75) is 31.1 Å². The Kier molecular flexibility index (Phi) is 6.05. The molecule has 0 unspecified atom stereocenters. The van der Waals surface area contributed by atoms with E-state index >= 15 is 0 Å². The molecule has 0 aliphatic rings. The monoisotopic (exact) mass is 376 g/mol. The highest BCUT2D eigenvalue weighted by atomic mass is 32.2. The Morgan fingerprint density at radius 3 is 2.19 bits per heavy atom. The van der Waals surface area contributed by atoms with E-state index in [0.717, 1.165) is 5.56 Å². The van der Waals surface area contributed by atoms with E-state index < -0.39 is 15.9 Å². The molecule has 2 aromatic rings. The normalized spacial score (nSPS) is 12.0. The van der Waals surface area contributed by atoms with Gasteiger partial charge in [0.2, 0.25) is 10.0 Å². The third-order valence-corrected chi connectivity index (χ3v) is 5.36. The van der Waals surface area contributed by atoms with Crippen LogP contribution < -0.4 is 10.0 Å². The molecule has 2 aromatic carbocycles. The van der Waals surface area contributed by atoms with Gasteiger partial charge in [-0.05, 0) is 35.2 Å². The van der Waals surface area contributed by atoms with Crippen LogP contribution in [0.4, 0.5) is 0 Å². The maximum atomic E-state index is 12.3. The summed E-state index contributed by atoms with van der Waals surface area (Å²) in [7, 11) is -3.64. The highest BCUT2D eigenvalue weighted by molar-refractivity contribution is 7.89. The zero-order valence-electron chi connectivity index (χ0n) is 15.1. The van der Waals surface area contributed by atoms with E-state index in [1.807, 2.05) is 0 Å². The van der Waals surface area contributed by atoms with E-state index in [2.05, 4.69) is 30.8 Å². The molecule has 0 bridgehead atoms. The van der Waals surface area contributed by atoms with Crippen molar-refractivity contribution in [3.05, 3.63) is 59.7 Å². The maximum absolute atomic E-state index is 12.3. The summed E-state index contributed by atoms with van der Waals surface area (Å²) in [5, 5.41) is 12.2. The van der Waals surface area contributed by atoms with E-state index in [1.54, 1.807) is 36.4 Å². The lowest BCUT2D eigenvalue weighted by Crippen LogP contribution is -2.34. The molecule has 0 spiro atoms. The molecule has 1 amide bonds. The third kappa shape index (κ3) is 5.06. The number of carbonyl (C=O) groups excluding carboxylic acids is 1. The molecule has 0 atom stereocenters. The minimum absolute atomic E-state index is 0.0443. The van der Waals surface area contributed by atoms with Crippen molar-refractivity contribution in [1.82, 2.24) is 10.0 Å². The van der Waals surface area contributed by atoms with E-state index in [1.165, 1.54) is 12.1 Å². The molecule has 26 heavy (non-hydrogen) atoms. The van der Waals surface area contributed by atoms with Gasteiger partial charge in [0, 0.05) is 13.1 Å². The Morgan fingerprint density at radius 2 is 1.62 bits per heavy atom. The minimum atomic E-state index is -3.64. The van der Waals surface area contributed by atoms with Gasteiger partial charge in [0.05, 0.1) is 10.5 Å². The molecular weight excluding hydrogens is 352 g/mol. The quantitative estimate of drug-likeness (QED) is 0.675. The average Bonchev–Trinajstić information content (AvgIpc) is 2.58. The summed E-state index contributed by atoms with van der Waals surface area (Å²) in [6.45, 7) is 6.32. The lowest BCUT2D eigenvalue weighted by atomic mass is 9.87. The molecular formula is C19H24N2O4S. The van der Waals surface area contributed by atoms with Gasteiger partial charge in [-0.25, -0.2) is 13.1 Å². The Labute approximate surface area is 154 Å². The smallest absolute Gasteiger partial charge is 0.255 e. The van der Waals surface area contributed by atoms with Crippen LogP contribution in [0, 0.1) is 0 Å². The predicted octanol–water partition coefficient (Wildman–Crippen LogP) is 2.40. The van der Waals surface area contributed by atoms with Crippen LogP contribution in [-0.4, -0.2) is 32.5 Å². The average molecular weight is 376 g/mol. The lowest BCUT2D eigenvalue weighted by Gasteiger charge is -2.19. The summed E-state index contributed by atoms with van der Waals surface area (Å²) < 4.78 is 27.0. The van der Waals surface area contributed by atoms with E-state index in [9.17, 15) is 18.3 Å². The molecule has 6 nitrogen and oxygen atoms in total. The van der Waals surface area contributed by atoms with Crippen LogP contribution in [0.5, 0.6) is 5.75 Å². The van der Waals surface area contributed by atoms with E-state index in [0.29, 0.717) is 0 Å². The first kappa shape index (κ1) is 19.9. The zero-order valence-corrected chi connectivity index (χ0v) is 15.9. The number of phenols is 1. The molecule has 2 rings (SSSR count). The lowest BCUT2D eigenvalue weighted by molar-refractivity contribution is 0.0951. The Hall–Kier alpha value is -2.38. The van der Waals surface area contributed by atoms with Gasteiger partial charge in [0.25, 0.3) is 5.91 Å². The van der Waals surface area contributed by atoms with Crippen molar-refractivity contribution in [3.63, 3.8) is 0 Å². The summed E-state index contributed by atoms with van der Waals surface area (Å²) in [6, 6.07) is 12.9. The summed E-state index contributed by atoms with van der Waals surface area (Å²) >= 11 is 0. The number of para-hydroxylation sites is 1. The van der Waals surface area contributed by atoms with Gasteiger partial charge < -0.3 is 10.4 Å². The summed E-state index contributed by atoms with van der Waals surface area (Å²) in [4.78, 5) is 12.1. The fourth-order valence-electron chi connectivity index (χ4n) is 2.34. The van der Waals surface area contributed by atoms with Crippen molar-refractivity contribution in [1.29, 1.82) is 0 Å². The van der Waals surface area contributed by atoms with Crippen LogP contribution >= 0.6 is 0 Å². The van der Waals surface area contributed by atoms with Crippen LogP contribution in [0.1, 0.15) is 36.7 Å². The topological polar surface area (TPSA) is 95.5 Å². The Morgan fingerprint density at radius 1 is 1.00 bits per heavy atom. The number of rotatable bonds is 6. The van der Waals surface area contributed by atoms with Crippen LogP contribution in [0.15, 0.2) is 53.4 Å². The van der Waals surface area contributed by atoms with Crippen molar-refractivity contribution < 1.29 is 18.3 Å². The Bertz CT molecular complexity index is 869. The predicted molar refractivity (Wildman–Crippen MR) is 101 cm³/mol. The van der Waals surface area contributed by atoms with Gasteiger partial charge in [-0.2, -0.15) is 0 Å². The van der Waals surface area contributed by atoms with Gasteiger partial charge in [-0.1, -0.05) is 45.0 Å². The number of benzene rings is 2. The highest BCUT2D eigenvalue weighted by Crippen LogP contribution is 2.23. The molecule has 0 fully saturated rings. The molecule has 0 saturated heterocycles. The van der Waals surface area contributed by atoms with Gasteiger partial charge >= 0.3 is 0 Å². The molecule has 140 valence electrons. The summed E-state index contributed by atoms with van der Waals surface area (Å²) in [5.74, 6) is -0.582. The number of hydrogen-bond acceptors (Lipinski definition) is 4. The largest absolute Gasteiger partial charge is 0.507 e. The molecule has 0 aliphatic carbocycles. The molecule has 0 aliphatic heterocycles. The molecule has 0 heterocycles. The van der Waals surface area contributed by atoms with E-state index in [4.69, 9.17) is 0 Å². The molecule has 0 aromatic heterocycles. The Balaban J connectivity index is 1.90. The number of amides is 1. The number of nitrogens with one attached hydrogen (secondary N) is 2. The molecule has 0 saturated carbocycles. The number of phenolic OH excluding ortho intramolecular Hbond substituents is 1. The first-order chi connectivity index (χ1) is 12.1. The molecule has 0 radical (unpaired) electrons. The van der Waals surface area contributed by atoms with Crippen LogP contribution in [0.25, 0.3) is 0 Å². The van der Waals surface area contributed by atoms with E-state index in [-0.39, 0.29) is 34.7 Å². The van der Waals surface area contributed by atoms with Crippen LogP contribution in [-0.2, 0) is 15.4 Å². The number of aromatic hydroxyl groups is 1. The van der Waals surface area contributed by atoms with Gasteiger partial charge in [0.1, 0.15) is 5.75 Å². The zero-order chi connectivity index (χ0) is 19.4. The fraction of sp³-hybridized carbons (Fsp3) is 0.316. The second kappa shape index (κ2) is 7.88. The van der Waals surface area contributed by atoms with Gasteiger partial charge in [0.15, 0.2) is 0 Å². The number of hydrogen-bond donors (Lipinski definition) is 3. The SMILES string of the molecule is CC(C)(C)c1ccc(S(=O)(=O)NCCNC(=O)c2ccccc2O)cc1. The van der Waals surface area contributed by atoms with Crippen LogP contribution in [0.2, 0.25) is 0 Å². The highest BCUT2D eigenvalue weighted by Gasteiger charge is 2.17. The molecule has 3 N–H and O–H groups in total. The second-order valence-electron chi connectivity index (χ2n) is 6.95. The second-order valence-corrected chi connectivity index (χ2v) is 8.71. The number of carbonyl (C=O) groups is 1. The summed E-state index contributed by atoms with van der Waals surface area (Å²) in [5.41, 5.74) is 1.14. The molecule has 7 heteroatoms. The first-order valence-electron chi connectivity index (χ1n) is 8.28. The van der Waals surface area contributed by atoms with Gasteiger partial charge in [-0.3, -0.25) is 4.79 Å². The van der Waals surface area contributed by atoms with Crippen molar-refractivity contribution in [2.75, 3.05) is 13.1 Å².